The Hall–Kier alpha value is -3.62. The third kappa shape index (κ3) is 11.9. The van der Waals surface area contributed by atoms with Gasteiger partial charge < -0.3 is 24.1 Å². The molecule has 0 aromatic heterocycles. The van der Waals surface area contributed by atoms with Crippen molar-refractivity contribution in [2.45, 2.75) is 90.2 Å². The van der Waals surface area contributed by atoms with E-state index < -0.39 is 37.6 Å². The van der Waals surface area contributed by atoms with E-state index in [-0.39, 0.29) is 31.4 Å². The minimum absolute atomic E-state index is 0.0571. The zero-order valence-corrected chi connectivity index (χ0v) is 26.1. The van der Waals surface area contributed by atoms with Gasteiger partial charge >= 0.3 is 25.6 Å². The second kappa shape index (κ2) is 16.9. The second-order valence-corrected chi connectivity index (χ2v) is 13.1. The highest BCUT2D eigenvalue weighted by molar-refractivity contribution is 7.57. The topological polar surface area (TPSA) is 129 Å². The molecule has 1 unspecified atom stereocenters. The molecule has 2 aromatic rings. The molecule has 0 radical (unpaired) electrons. The Morgan fingerprint density at radius 3 is 2.28 bits per heavy atom. The molecule has 0 bridgehead atoms. The van der Waals surface area contributed by atoms with Crippen LogP contribution in [0.25, 0.3) is 0 Å². The van der Waals surface area contributed by atoms with Crippen LogP contribution in [0.3, 0.4) is 0 Å². The fourth-order valence-electron chi connectivity index (χ4n) is 4.53. The third-order valence-corrected chi connectivity index (χ3v) is 8.85. The molecular formula is C32H43N2O8P. The van der Waals surface area contributed by atoms with E-state index in [2.05, 4.69) is 17.0 Å². The van der Waals surface area contributed by atoms with Gasteiger partial charge in [0.2, 0.25) is 0 Å². The lowest BCUT2D eigenvalue weighted by Crippen LogP contribution is -2.44. The van der Waals surface area contributed by atoms with Crippen molar-refractivity contribution in [2.75, 3.05) is 6.16 Å². The van der Waals surface area contributed by atoms with E-state index in [1.807, 2.05) is 30.3 Å². The number of benzene rings is 2. The van der Waals surface area contributed by atoms with Gasteiger partial charge in [-0.25, -0.2) is 14.7 Å². The van der Waals surface area contributed by atoms with Gasteiger partial charge in [-0.3, -0.25) is 9.36 Å². The van der Waals surface area contributed by atoms with Gasteiger partial charge in [-0.15, -0.1) is 6.58 Å². The van der Waals surface area contributed by atoms with E-state index in [0.29, 0.717) is 17.7 Å². The van der Waals surface area contributed by atoms with Crippen molar-refractivity contribution in [3.63, 3.8) is 0 Å². The van der Waals surface area contributed by atoms with Crippen LogP contribution in [0.1, 0.15) is 64.0 Å². The molecule has 0 spiro atoms. The highest BCUT2D eigenvalue weighted by Crippen LogP contribution is 2.44. The molecule has 43 heavy (non-hydrogen) atoms. The maximum atomic E-state index is 13.7. The van der Waals surface area contributed by atoms with E-state index >= 15 is 0 Å². The molecular weight excluding hydrogens is 571 g/mol. The summed E-state index contributed by atoms with van der Waals surface area (Å²) in [6, 6.07) is 14.0. The van der Waals surface area contributed by atoms with Crippen molar-refractivity contribution in [2.24, 2.45) is 0 Å². The van der Waals surface area contributed by atoms with Crippen LogP contribution in [0.4, 0.5) is 4.79 Å². The van der Waals surface area contributed by atoms with Crippen molar-refractivity contribution in [1.29, 1.82) is 0 Å². The van der Waals surface area contributed by atoms with Crippen LogP contribution in [0, 0.1) is 0 Å². The zero-order chi connectivity index (χ0) is 31.2. The molecule has 1 amide bonds. The fraction of sp³-hybridized carbons (Fsp3) is 0.469. The lowest BCUT2D eigenvalue weighted by atomic mass is 10.1. The first kappa shape index (κ1) is 33.9. The SMILES string of the molecule is C=CCCP(=O)(N[C@@H](C)C(=O)OC1CCCC1)Oc1ccc(C[C@H](NC(=O)OCc2ccccc2)C(=O)OC(C)C)cc1. The van der Waals surface area contributed by atoms with E-state index in [1.54, 1.807) is 51.1 Å². The third-order valence-electron chi connectivity index (χ3n) is 6.71. The summed E-state index contributed by atoms with van der Waals surface area (Å²) in [6.07, 6.45) is 4.85. The number of alkyl carbamates (subject to hydrolysis) is 1. The first-order chi connectivity index (χ1) is 20.6. The number of allylic oxidation sites excluding steroid dienone is 1. The molecule has 3 rings (SSSR count). The van der Waals surface area contributed by atoms with Crippen LogP contribution in [0.5, 0.6) is 5.75 Å². The lowest BCUT2D eigenvalue weighted by Gasteiger charge is -2.24. The Morgan fingerprint density at radius 2 is 1.65 bits per heavy atom. The van der Waals surface area contributed by atoms with Gasteiger partial charge in [-0.1, -0.05) is 48.5 Å². The van der Waals surface area contributed by atoms with Crippen molar-refractivity contribution >= 4 is 25.6 Å². The molecule has 234 valence electrons. The summed E-state index contributed by atoms with van der Waals surface area (Å²) in [5.74, 6) is -0.737. The summed E-state index contributed by atoms with van der Waals surface area (Å²) in [5, 5.41) is 5.46. The summed E-state index contributed by atoms with van der Waals surface area (Å²) in [4.78, 5) is 37.9. The van der Waals surface area contributed by atoms with Gasteiger partial charge in [0, 0.05) is 6.42 Å². The number of carbonyl (C=O) groups excluding carboxylic acids is 3. The number of amides is 1. The molecule has 1 fully saturated rings. The van der Waals surface area contributed by atoms with Crippen LogP contribution in [0.15, 0.2) is 67.3 Å². The van der Waals surface area contributed by atoms with Crippen LogP contribution in [-0.2, 0) is 41.4 Å². The quantitative estimate of drug-likeness (QED) is 0.0999. The van der Waals surface area contributed by atoms with Gasteiger partial charge in [-0.05, 0) is 76.1 Å². The Kier molecular flexibility index (Phi) is 13.3. The summed E-state index contributed by atoms with van der Waals surface area (Å²) in [5.41, 5.74) is 1.51. The molecule has 1 aliphatic rings. The summed E-state index contributed by atoms with van der Waals surface area (Å²) in [6.45, 7) is 8.82. The fourth-order valence-corrected chi connectivity index (χ4v) is 6.48. The Morgan fingerprint density at radius 1 is 0.977 bits per heavy atom. The number of esters is 2. The van der Waals surface area contributed by atoms with Crippen LogP contribution >= 0.6 is 7.52 Å². The maximum Gasteiger partial charge on any atom is 0.408 e. The van der Waals surface area contributed by atoms with Crippen LogP contribution in [-0.4, -0.2) is 48.5 Å². The molecule has 10 nitrogen and oxygen atoms in total. The Bertz CT molecular complexity index is 1250. The monoisotopic (exact) mass is 614 g/mol. The number of carbonyl (C=O) groups is 3. The highest BCUT2D eigenvalue weighted by Gasteiger charge is 2.31. The molecule has 2 aromatic carbocycles. The summed E-state index contributed by atoms with van der Waals surface area (Å²) < 4.78 is 35.8. The molecule has 1 aliphatic carbocycles. The van der Waals surface area contributed by atoms with E-state index in [1.165, 1.54) is 0 Å². The number of nitrogens with one attached hydrogen (secondary N) is 2. The van der Waals surface area contributed by atoms with E-state index in [9.17, 15) is 18.9 Å². The molecule has 0 heterocycles. The molecule has 3 atom stereocenters. The number of ether oxygens (including phenoxy) is 3. The minimum atomic E-state index is -3.51. The van der Waals surface area contributed by atoms with Crippen LogP contribution < -0.4 is 14.9 Å². The smallest absolute Gasteiger partial charge is 0.408 e. The standard InChI is InChI=1S/C32H43N2O8P/c1-5-6-20-43(38,34-24(4)30(35)41-27-14-10-11-15-27)42-28-18-16-25(17-19-28)21-29(31(36)40-23(2)3)33-32(37)39-22-26-12-8-7-9-13-26/h5,7-9,12-13,16-19,23-24,27,29H,1,6,10-11,14-15,20-22H2,2-4H3,(H,33,37)(H,34,38)/t24-,29-,43?/m0/s1. The van der Waals surface area contributed by atoms with Crippen molar-refractivity contribution in [3.8, 4) is 5.75 Å². The van der Waals surface area contributed by atoms with Gasteiger partial charge in [0.15, 0.2) is 0 Å². The van der Waals surface area contributed by atoms with Crippen molar-refractivity contribution < 1.29 is 37.7 Å². The number of hydrogen-bond acceptors (Lipinski definition) is 8. The van der Waals surface area contributed by atoms with Gasteiger partial charge in [0.1, 0.15) is 30.5 Å². The number of hydrogen-bond donors (Lipinski definition) is 2. The average Bonchev–Trinajstić information content (AvgIpc) is 3.49. The van der Waals surface area contributed by atoms with Gasteiger partial charge in [-0.2, -0.15) is 0 Å². The summed E-state index contributed by atoms with van der Waals surface area (Å²) >= 11 is 0. The first-order valence-corrected chi connectivity index (χ1v) is 16.5. The van der Waals surface area contributed by atoms with E-state index in [4.69, 9.17) is 18.7 Å². The zero-order valence-electron chi connectivity index (χ0n) is 25.2. The van der Waals surface area contributed by atoms with Crippen molar-refractivity contribution in [3.05, 3.63) is 78.4 Å². The lowest BCUT2D eigenvalue weighted by molar-refractivity contribution is -0.151. The average molecular weight is 615 g/mol. The predicted molar refractivity (Wildman–Crippen MR) is 164 cm³/mol. The number of rotatable bonds is 16. The molecule has 0 aliphatic heterocycles. The van der Waals surface area contributed by atoms with E-state index in [0.717, 1.165) is 31.2 Å². The largest absolute Gasteiger partial charge is 0.461 e. The molecule has 11 heteroatoms. The maximum absolute atomic E-state index is 13.7. The summed E-state index contributed by atoms with van der Waals surface area (Å²) in [7, 11) is -3.51. The Labute approximate surface area is 254 Å². The minimum Gasteiger partial charge on any atom is -0.461 e. The second-order valence-electron chi connectivity index (χ2n) is 10.9. The van der Waals surface area contributed by atoms with Crippen molar-refractivity contribution in [1.82, 2.24) is 10.4 Å². The van der Waals surface area contributed by atoms with Gasteiger partial charge in [0.05, 0.1) is 12.3 Å². The van der Waals surface area contributed by atoms with Crippen LogP contribution in [0.2, 0.25) is 0 Å². The molecule has 2 N–H and O–H groups in total. The van der Waals surface area contributed by atoms with Gasteiger partial charge in [0.25, 0.3) is 0 Å². The highest BCUT2D eigenvalue weighted by atomic mass is 31.2. The molecule has 0 saturated heterocycles. The molecule has 1 saturated carbocycles. The first-order valence-electron chi connectivity index (χ1n) is 14.7. The Balaban J connectivity index is 1.64. The predicted octanol–water partition coefficient (Wildman–Crippen LogP) is 6.09. The normalized spacial score (nSPS) is 16.0.